The zero-order valence-electron chi connectivity index (χ0n) is 12.5. The molecule has 0 heterocycles. The predicted molar refractivity (Wildman–Crippen MR) is 116 cm³/mol. The molecule has 0 atom stereocenters. The van der Waals surface area contributed by atoms with Gasteiger partial charge in [0, 0.05) is 0 Å². The molecule has 0 aliphatic rings. The third kappa shape index (κ3) is 1190. The number of hydrogen-bond donors (Lipinski definition) is 0. The Bertz CT molecular complexity index is 51.7. The van der Waals surface area contributed by atoms with Gasteiger partial charge in [0.15, 0.2) is 0 Å². The molecule has 150 valence electrons. The summed E-state index contributed by atoms with van der Waals surface area (Å²) in [4.78, 5) is 16.0. The minimum Gasteiger partial charge on any atom is -0.307 e. The lowest BCUT2D eigenvalue weighted by Crippen LogP contribution is -1.59. The second-order valence-electron chi connectivity index (χ2n) is 3.06. The van der Waals surface area contributed by atoms with Gasteiger partial charge in [0.1, 0.15) is 13.6 Å². The minimum absolute atomic E-state index is 0. The fraction of sp³-hybridized carbons (Fsp3) is 0.900. The van der Waals surface area contributed by atoms with Crippen LogP contribution in [0.4, 0.5) is 0 Å². The van der Waals surface area contributed by atoms with E-state index in [2.05, 4.69) is 41.5 Å². The number of carbonyl (C=O) groups is 2. The Hall–Kier alpha value is -0.660. The van der Waals surface area contributed by atoms with Crippen LogP contribution in [0.1, 0.15) is 125 Å². The SMILES string of the molecule is C.C.C.C.C.C.C=O.C=O.CCC.CCCC.CCCCC. The standard InChI is InChI=1S/C5H12.C4H10.C3H8.2CH2O.6CH4/c1-3-5-4-2;1-3-4-2;1-3-2;2*1-2;;;;;;/h3-5H2,1-2H3;3-4H2,1-2H3;3H2,1-2H3;2*1H2;6*1H4. The zero-order valence-corrected chi connectivity index (χ0v) is 12.5. The van der Waals surface area contributed by atoms with Crippen LogP contribution in [-0.4, -0.2) is 13.6 Å². The van der Waals surface area contributed by atoms with Crippen molar-refractivity contribution in [2.75, 3.05) is 0 Å². The fourth-order valence-corrected chi connectivity index (χ4v) is 0.354. The summed E-state index contributed by atoms with van der Waals surface area (Å²) in [6, 6.07) is 0. The summed E-state index contributed by atoms with van der Waals surface area (Å²) in [6.45, 7) is 17.0. The van der Waals surface area contributed by atoms with Gasteiger partial charge in [0.05, 0.1) is 0 Å². The molecule has 22 heavy (non-hydrogen) atoms. The topological polar surface area (TPSA) is 34.1 Å². The monoisotopic (exact) mass is 330 g/mol. The predicted octanol–water partition coefficient (Wildman–Crippen LogP) is 8.87. The van der Waals surface area contributed by atoms with Gasteiger partial charge in [-0.15, -0.1) is 0 Å². The number of unbranched alkanes of at least 4 members (excludes halogenated alkanes) is 3. The highest BCUT2D eigenvalue weighted by Gasteiger charge is 1.68. The molecule has 0 aromatic heterocycles. The molecule has 0 spiro atoms. The first-order chi connectivity index (χ1) is 7.74. The summed E-state index contributed by atoms with van der Waals surface area (Å²) in [7, 11) is 0. The van der Waals surface area contributed by atoms with E-state index in [9.17, 15) is 0 Å². The molecular weight excluding hydrogens is 272 g/mol. The van der Waals surface area contributed by atoms with Gasteiger partial charge in [-0.05, 0) is 0 Å². The summed E-state index contributed by atoms with van der Waals surface area (Å²) in [6.07, 6.45) is 7.97. The molecule has 0 bridgehead atoms. The smallest absolute Gasteiger partial charge is 0.106 e. The summed E-state index contributed by atoms with van der Waals surface area (Å²) < 4.78 is 0. The van der Waals surface area contributed by atoms with Crippen LogP contribution in [0.15, 0.2) is 0 Å². The second-order valence-corrected chi connectivity index (χ2v) is 3.06. The molecule has 0 saturated heterocycles. The van der Waals surface area contributed by atoms with Crippen LogP contribution >= 0.6 is 0 Å². The third-order valence-electron chi connectivity index (χ3n) is 1.21. The summed E-state index contributed by atoms with van der Waals surface area (Å²) in [5.74, 6) is 0. The van der Waals surface area contributed by atoms with Crippen molar-refractivity contribution in [2.24, 2.45) is 0 Å². The van der Waals surface area contributed by atoms with E-state index in [4.69, 9.17) is 9.59 Å². The maximum atomic E-state index is 8.00. The minimum atomic E-state index is 0. The molecule has 0 aliphatic carbocycles. The Morgan fingerprint density at radius 3 is 0.591 bits per heavy atom. The van der Waals surface area contributed by atoms with E-state index in [1.807, 2.05) is 13.6 Å². The molecule has 0 amide bonds. The van der Waals surface area contributed by atoms with Gasteiger partial charge < -0.3 is 9.59 Å². The maximum Gasteiger partial charge on any atom is 0.106 e. The number of carbonyl (C=O) groups excluding carboxylic acids is 2. The highest BCUT2D eigenvalue weighted by atomic mass is 16.1. The van der Waals surface area contributed by atoms with E-state index in [1.54, 1.807) is 0 Å². The quantitative estimate of drug-likeness (QED) is 0.517. The molecular formula is C20H58O2. The van der Waals surface area contributed by atoms with Crippen LogP contribution in [0.2, 0.25) is 0 Å². The summed E-state index contributed by atoms with van der Waals surface area (Å²) in [5, 5.41) is 0. The van der Waals surface area contributed by atoms with E-state index >= 15 is 0 Å². The molecule has 2 nitrogen and oxygen atoms in total. The van der Waals surface area contributed by atoms with E-state index in [0.29, 0.717) is 0 Å². The van der Waals surface area contributed by atoms with Gasteiger partial charge in [-0.25, -0.2) is 0 Å². The Labute approximate surface area is 148 Å². The van der Waals surface area contributed by atoms with E-state index < -0.39 is 0 Å². The van der Waals surface area contributed by atoms with Crippen molar-refractivity contribution >= 4 is 13.6 Å². The third-order valence-corrected chi connectivity index (χ3v) is 1.21. The first-order valence-electron chi connectivity index (χ1n) is 6.32. The normalized spacial score (nSPS) is 4.45. The Kier molecular flexibility index (Phi) is 1000. The molecule has 0 unspecified atom stereocenters. The summed E-state index contributed by atoms with van der Waals surface area (Å²) >= 11 is 0. The zero-order chi connectivity index (χ0) is 14.2. The second kappa shape index (κ2) is 267. The van der Waals surface area contributed by atoms with Crippen molar-refractivity contribution in [3.63, 3.8) is 0 Å². The molecule has 0 N–H and O–H groups in total. The molecule has 0 rings (SSSR count). The molecule has 0 aliphatic heterocycles. The van der Waals surface area contributed by atoms with Crippen LogP contribution in [0, 0.1) is 0 Å². The Balaban J connectivity index is -0.00000000742. The highest BCUT2D eigenvalue weighted by molar-refractivity contribution is 5.11. The largest absolute Gasteiger partial charge is 0.307 e. The van der Waals surface area contributed by atoms with Crippen LogP contribution in [0.5, 0.6) is 0 Å². The Morgan fingerprint density at radius 2 is 0.591 bits per heavy atom. The lowest BCUT2D eigenvalue weighted by atomic mass is 10.3. The van der Waals surface area contributed by atoms with Crippen molar-refractivity contribution in [2.45, 2.75) is 125 Å². The van der Waals surface area contributed by atoms with Crippen LogP contribution in [-0.2, 0) is 9.59 Å². The average molecular weight is 331 g/mol. The first-order valence-corrected chi connectivity index (χ1v) is 6.32. The molecule has 0 fully saturated rings. The van der Waals surface area contributed by atoms with Crippen LogP contribution < -0.4 is 0 Å². The van der Waals surface area contributed by atoms with E-state index in [-0.39, 0.29) is 44.6 Å². The Morgan fingerprint density at radius 1 is 0.455 bits per heavy atom. The molecule has 0 aromatic carbocycles. The van der Waals surface area contributed by atoms with Gasteiger partial charge in [0.2, 0.25) is 0 Å². The molecule has 0 radical (unpaired) electrons. The molecule has 0 aromatic rings. The first kappa shape index (κ1) is 82.6. The van der Waals surface area contributed by atoms with Gasteiger partial charge >= 0.3 is 0 Å². The maximum absolute atomic E-state index is 8.00. The van der Waals surface area contributed by atoms with Gasteiger partial charge in [-0.2, -0.15) is 0 Å². The van der Waals surface area contributed by atoms with Crippen LogP contribution in [0.25, 0.3) is 0 Å². The fourth-order valence-electron chi connectivity index (χ4n) is 0.354. The summed E-state index contributed by atoms with van der Waals surface area (Å²) in [5.41, 5.74) is 0. The van der Waals surface area contributed by atoms with E-state index in [0.717, 1.165) is 0 Å². The van der Waals surface area contributed by atoms with Crippen molar-refractivity contribution in [1.82, 2.24) is 0 Å². The van der Waals surface area contributed by atoms with Crippen molar-refractivity contribution in [1.29, 1.82) is 0 Å². The van der Waals surface area contributed by atoms with Gasteiger partial charge in [0.25, 0.3) is 0 Å². The lowest BCUT2D eigenvalue weighted by Gasteiger charge is -1.79. The lowest BCUT2D eigenvalue weighted by molar-refractivity contribution is -0.0987. The van der Waals surface area contributed by atoms with Crippen LogP contribution in [0.3, 0.4) is 0 Å². The van der Waals surface area contributed by atoms with E-state index in [1.165, 1.54) is 38.5 Å². The number of rotatable bonds is 3. The highest BCUT2D eigenvalue weighted by Crippen LogP contribution is 1.88. The molecule has 2 heteroatoms. The van der Waals surface area contributed by atoms with Crippen molar-refractivity contribution in [3.8, 4) is 0 Å². The van der Waals surface area contributed by atoms with Crippen molar-refractivity contribution in [3.05, 3.63) is 0 Å². The number of hydrogen-bond acceptors (Lipinski definition) is 2. The van der Waals surface area contributed by atoms with Gasteiger partial charge in [-0.3, -0.25) is 0 Å². The average Bonchev–Trinajstić information content (AvgIpc) is 2.36. The molecule has 0 saturated carbocycles. The van der Waals surface area contributed by atoms with Crippen molar-refractivity contribution < 1.29 is 9.59 Å². The van der Waals surface area contributed by atoms with Gasteiger partial charge in [-0.1, -0.05) is 125 Å².